The first-order valence-electron chi connectivity index (χ1n) is 7.09. The van der Waals surface area contributed by atoms with Gasteiger partial charge in [0.25, 0.3) is 0 Å². The van der Waals surface area contributed by atoms with Crippen LogP contribution in [0.25, 0.3) is 22.6 Å². The number of benzene rings is 1. The average molecular weight is 265 g/mol. The molecule has 102 valence electrons. The predicted octanol–water partition coefficient (Wildman–Crippen LogP) is 4.90. The van der Waals surface area contributed by atoms with Crippen LogP contribution in [0.2, 0.25) is 0 Å². The Bertz CT molecular complexity index is 678. The van der Waals surface area contributed by atoms with Crippen LogP contribution in [0.3, 0.4) is 0 Å². The van der Waals surface area contributed by atoms with Crippen molar-refractivity contribution in [3.63, 3.8) is 0 Å². The molecular weight excluding hydrogens is 246 g/mol. The van der Waals surface area contributed by atoms with Gasteiger partial charge in [0.2, 0.25) is 0 Å². The SMILES string of the molecule is CCCc1c(-c2ccccc2)cc(-c2ccco2)n1C. The van der Waals surface area contributed by atoms with Gasteiger partial charge in [0.05, 0.1) is 12.0 Å². The van der Waals surface area contributed by atoms with Crippen LogP contribution >= 0.6 is 0 Å². The molecule has 0 bridgehead atoms. The van der Waals surface area contributed by atoms with Gasteiger partial charge in [-0.05, 0) is 30.2 Å². The van der Waals surface area contributed by atoms with Gasteiger partial charge in [-0.2, -0.15) is 0 Å². The summed E-state index contributed by atoms with van der Waals surface area (Å²) in [6.07, 6.45) is 3.93. The van der Waals surface area contributed by atoms with Crippen molar-refractivity contribution in [2.45, 2.75) is 19.8 Å². The van der Waals surface area contributed by atoms with Crippen molar-refractivity contribution in [3.05, 3.63) is 60.5 Å². The summed E-state index contributed by atoms with van der Waals surface area (Å²) >= 11 is 0. The summed E-state index contributed by atoms with van der Waals surface area (Å²) in [5.74, 6) is 0.923. The molecule has 0 amide bonds. The van der Waals surface area contributed by atoms with Crippen molar-refractivity contribution in [3.8, 4) is 22.6 Å². The van der Waals surface area contributed by atoms with E-state index in [1.165, 1.54) is 16.8 Å². The second-order valence-electron chi connectivity index (χ2n) is 5.04. The Morgan fingerprint density at radius 3 is 2.50 bits per heavy atom. The highest BCUT2D eigenvalue weighted by molar-refractivity contribution is 5.73. The molecule has 0 aliphatic heterocycles. The molecule has 1 aromatic carbocycles. The molecule has 0 atom stereocenters. The van der Waals surface area contributed by atoms with E-state index >= 15 is 0 Å². The summed E-state index contributed by atoms with van der Waals surface area (Å²) in [6.45, 7) is 2.22. The Hall–Kier alpha value is -2.22. The monoisotopic (exact) mass is 265 g/mol. The predicted molar refractivity (Wildman–Crippen MR) is 82.5 cm³/mol. The maximum atomic E-state index is 5.56. The Morgan fingerprint density at radius 1 is 1.05 bits per heavy atom. The number of aromatic nitrogens is 1. The van der Waals surface area contributed by atoms with E-state index in [-0.39, 0.29) is 0 Å². The van der Waals surface area contributed by atoms with E-state index in [1.54, 1.807) is 6.26 Å². The van der Waals surface area contributed by atoms with Gasteiger partial charge in [0.15, 0.2) is 0 Å². The van der Waals surface area contributed by atoms with Gasteiger partial charge < -0.3 is 8.98 Å². The Kier molecular flexibility index (Phi) is 3.46. The van der Waals surface area contributed by atoms with Gasteiger partial charge in [0.1, 0.15) is 5.76 Å². The smallest absolute Gasteiger partial charge is 0.150 e. The van der Waals surface area contributed by atoms with E-state index < -0.39 is 0 Å². The quantitative estimate of drug-likeness (QED) is 0.656. The first-order chi connectivity index (χ1) is 9.81. The standard InChI is InChI=1S/C18H19NO/c1-3-8-16-15(14-9-5-4-6-10-14)13-17(19(16)2)18-11-7-12-20-18/h4-7,9-13H,3,8H2,1-2H3. The normalized spacial score (nSPS) is 10.9. The third kappa shape index (κ3) is 2.18. The zero-order chi connectivity index (χ0) is 13.9. The lowest BCUT2D eigenvalue weighted by atomic mass is 10.0. The number of furan rings is 1. The van der Waals surface area contributed by atoms with Crippen LogP contribution in [0.15, 0.2) is 59.2 Å². The van der Waals surface area contributed by atoms with E-state index in [9.17, 15) is 0 Å². The zero-order valence-electron chi connectivity index (χ0n) is 12.0. The Balaban J connectivity index is 2.16. The average Bonchev–Trinajstić information content (AvgIpc) is 3.10. The van der Waals surface area contributed by atoms with Crippen LogP contribution in [0.1, 0.15) is 19.0 Å². The summed E-state index contributed by atoms with van der Waals surface area (Å²) in [7, 11) is 2.12. The van der Waals surface area contributed by atoms with Crippen LogP contribution in [0.4, 0.5) is 0 Å². The minimum Gasteiger partial charge on any atom is -0.463 e. The van der Waals surface area contributed by atoms with Crippen LogP contribution in [0.5, 0.6) is 0 Å². The van der Waals surface area contributed by atoms with Crippen molar-refractivity contribution in [1.82, 2.24) is 4.57 Å². The number of nitrogens with zero attached hydrogens (tertiary/aromatic N) is 1. The number of hydrogen-bond donors (Lipinski definition) is 0. The van der Waals surface area contributed by atoms with Crippen LogP contribution < -0.4 is 0 Å². The second-order valence-corrected chi connectivity index (χ2v) is 5.04. The molecule has 0 fully saturated rings. The highest BCUT2D eigenvalue weighted by Gasteiger charge is 2.15. The van der Waals surface area contributed by atoms with E-state index in [0.29, 0.717) is 0 Å². The molecule has 0 saturated carbocycles. The van der Waals surface area contributed by atoms with Crippen LogP contribution in [-0.2, 0) is 13.5 Å². The Labute approximate surface area is 119 Å². The van der Waals surface area contributed by atoms with Crippen molar-refractivity contribution in [2.24, 2.45) is 7.05 Å². The second kappa shape index (κ2) is 5.41. The van der Waals surface area contributed by atoms with Gasteiger partial charge in [-0.3, -0.25) is 0 Å². The molecule has 0 N–H and O–H groups in total. The minimum absolute atomic E-state index is 0.923. The molecule has 0 aliphatic rings. The molecule has 0 unspecified atom stereocenters. The fourth-order valence-corrected chi connectivity index (χ4v) is 2.71. The van der Waals surface area contributed by atoms with E-state index in [0.717, 1.165) is 24.3 Å². The summed E-state index contributed by atoms with van der Waals surface area (Å²) in [5, 5.41) is 0. The van der Waals surface area contributed by atoms with Crippen molar-refractivity contribution < 1.29 is 4.42 Å². The van der Waals surface area contributed by atoms with E-state index in [2.05, 4.69) is 54.9 Å². The third-order valence-corrected chi connectivity index (χ3v) is 3.70. The summed E-state index contributed by atoms with van der Waals surface area (Å²) in [6, 6.07) is 16.7. The van der Waals surface area contributed by atoms with Crippen LogP contribution in [0, 0.1) is 0 Å². The number of hydrogen-bond acceptors (Lipinski definition) is 1. The maximum Gasteiger partial charge on any atom is 0.150 e. The zero-order valence-corrected chi connectivity index (χ0v) is 12.0. The molecule has 2 aromatic heterocycles. The van der Waals surface area contributed by atoms with Gasteiger partial charge in [-0.1, -0.05) is 43.7 Å². The molecule has 20 heavy (non-hydrogen) atoms. The van der Waals surface area contributed by atoms with Crippen molar-refractivity contribution in [2.75, 3.05) is 0 Å². The van der Waals surface area contributed by atoms with Crippen molar-refractivity contribution >= 4 is 0 Å². The summed E-state index contributed by atoms with van der Waals surface area (Å²) in [4.78, 5) is 0. The topological polar surface area (TPSA) is 18.1 Å². The molecule has 3 rings (SSSR count). The molecule has 0 saturated heterocycles. The van der Waals surface area contributed by atoms with E-state index in [1.807, 2.05) is 12.1 Å². The molecule has 0 aliphatic carbocycles. The van der Waals surface area contributed by atoms with Gasteiger partial charge in [-0.25, -0.2) is 0 Å². The molecule has 2 heterocycles. The summed E-state index contributed by atoms with van der Waals surface area (Å²) < 4.78 is 7.82. The lowest BCUT2D eigenvalue weighted by Crippen LogP contribution is -1.98. The van der Waals surface area contributed by atoms with Crippen molar-refractivity contribution in [1.29, 1.82) is 0 Å². The minimum atomic E-state index is 0.923. The summed E-state index contributed by atoms with van der Waals surface area (Å²) in [5.41, 5.74) is 5.08. The van der Waals surface area contributed by atoms with Crippen LogP contribution in [-0.4, -0.2) is 4.57 Å². The highest BCUT2D eigenvalue weighted by Crippen LogP contribution is 2.32. The third-order valence-electron chi connectivity index (χ3n) is 3.70. The molecular formula is C18H19NO. The molecule has 0 spiro atoms. The maximum absolute atomic E-state index is 5.56. The Morgan fingerprint density at radius 2 is 1.85 bits per heavy atom. The first kappa shape index (κ1) is 12.8. The number of rotatable bonds is 4. The van der Waals surface area contributed by atoms with E-state index in [4.69, 9.17) is 4.42 Å². The lowest BCUT2D eigenvalue weighted by molar-refractivity contribution is 0.575. The molecule has 2 nitrogen and oxygen atoms in total. The molecule has 0 radical (unpaired) electrons. The highest BCUT2D eigenvalue weighted by atomic mass is 16.3. The van der Waals surface area contributed by atoms with Gasteiger partial charge in [-0.15, -0.1) is 0 Å². The van der Waals surface area contributed by atoms with Gasteiger partial charge in [0, 0.05) is 18.3 Å². The van der Waals surface area contributed by atoms with Gasteiger partial charge >= 0.3 is 0 Å². The first-order valence-corrected chi connectivity index (χ1v) is 7.09. The largest absolute Gasteiger partial charge is 0.463 e. The lowest BCUT2D eigenvalue weighted by Gasteiger charge is -2.07. The molecule has 3 aromatic rings. The fraction of sp³-hybridized carbons (Fsp3) is 0.222. The fourth-order valence-electron chi connectivity index (χ4n) is 2.71. The molecule has 2 heteroatoms.